The van der Waals surface area contributed by atoms with Crippen LogP contribution in [0.15, 0.2) is 23.1 Å². The molecule has 0 radical (unpaired) electrons. The number of aryl methyl sites for hydroxylation is 1. The third kappa shape index (κ3) is 11.1. The predicted molar refractivity (Wildman–Crippen MR) is 145 cm³/mol. The van der Waals surface area contributed by atoms with Crippen LogP contribution in [0.5, 0.6) is 0 Å². The summed E-state index contributed by atoms with van der Waals surface area (Å²) in [4.78, 5) is 4.67. The second kappa shape index (κ2) is 16.6. The van der Waals surface area contributed by atoms with E-state index in [9.17, 15) is 8.42 Å². The van der Waals surface area contributed by atoms with E-state index in [4.69, 9.17) is 4.74 Å². The van der Waals surface area contributed by atoms with Crippen molar-refractivity contribution in [3.05, 3.63) is 23.2 Å². The van der Waals surface area contributed by atoms with Crippen molar-refractivity contribution in [1.82, 2.24) is 9.71 Å². The zero-order chi connectivity index (χ0) is 24.7. The highest BCUT2D eigenvalue weighted by atomic mass is 32.2. The fourth-order valence-electron chi connectivity index (χ4n) is 4.35. The van der Waals surface area contributed by atoms with Gasteiger partial charge >= 0.3 is 0 Å². The van der Waals surface area contributed by atoms with Gasteiger partial charge in [-0.1, -0.05) is 90.9 Å². The van der Waals surface area contributed by atoms with Crippen molar-refractivity contribution in [3.63, 3.8) is 0 Å². The van der Waals surface area contributed by atoms with Crippen LogP contribution in [0.3, 0.4) is 0 Å². The quantitative estimate of drug-likeness (QED) is 0.145. The van der Waals surface area contributed by atoms with Gasteiger partial charge in [0, 0.05) is 0 Å². The molecule has 0 saturated heterocycles. The molecule has 1 N–H and O–H groups in total. The van der Waals surface area contributed by atoms with Crippen LogP contribution in [0.25, 0.3) is 10.2 Å². The lowest BCUT2D eigenvalue weighted by Gasteiger charge is -2.17. The molecule has 0 aliphatic rings. The van der Waals surface area contributed by atoms with Crippen molar-refractivity contribution < 1.29 is 13.2 Å². The normalized spacial score (nSPS) is 12.2. The Balaban J connectivity index is 1.76. The van der Waals surface area contributed by atoms with E-state index in [1.54, 1.807) is 18.2 Å². The molecule has 0 bridgehead atoms. The van der Waals surface area contributed by atoms with Crippen molar-refractivity contribution >= 4 is 31.6 Å². The lowest BCUT2D eigenvalue weighted by Crippen LogP contribution is -2.27. The molecule has 0 fully saturated rings. The molecule has 1 aromatic carbocycles. The highest BCUT2D eigenvalue weighted by Crippen LogP contribution is 2.24. The molecule has 0 spiro atoms. The van der Waals surface area contributed by atoms with Gasteiger partial charge in [-0.05, 0) is 43.9 Å². The van der Waals surface area contributed by atoms with Gasteiger partial charge in [-0.2, -0.15) is 4.72 Å². The van der Waals surface area contributed by atoms with Gasteiger partial charge < -0.3 is 4.74 Å². The summed E-state index contributed by atoms with van der Waals surface area (Å²) >= 11 is 1.51. The van der Waals surface area contributed by atoms with Crippen molar-refractivity contribution in [2.75, 3.05) is 13.3 Å². The molecule has 0 unspecified atom stereocenters. The highest BCUT2D eigenvalue weighted by molar-refractivity contribution is 7.89. The van der Waals surface area contributed by atoms with Crippen LogP contribution in [-0.2, 0) is 14.8 Å². The molecule has 1 aromatic heterocycles. The molecule has 2 rings (SSSR count). The number of ether oxygens (including phenoxy) is 1. The summed E-state index contributed by atoms with van der Waals surface area (Å²) in [5.74, 6) is 0.512. The molecule has 194 valence electrons. The number of thiazole rings is 1. The summed E-state index contributed by atoms with van der Waals surface area (Å²) in [5.41, 5.74) is 0.838. The molecule has 0 amide bonds. The van der Waals surface area contributed by atoms with Crippen LogP contribution >= 0.6 is 11.3 Å². The van der Waals surface area contributed by atoms with Gasteiger partial charge in [0.15, 0.2) is 0 Å². The van der Waals surface area contributed by atoms with Crippen molar-refractivity contribution in [2.24, 2.45) is 5.92 Å². The predicted octanol–water partition coefficient (Wildman–Crippen LogP) is 7.97. The molecule has 7 heteroatoms. The third-order valence-corrected chi connectivity index (χ3v) is 8.72. The van der Waals surface area contributed by atoms with Gasteiger partial charge in [0.1, 0.15) is 6.73 Å². The maximum absolute atomic E-state index is 12.7. The zero-order valence-electron chi connectivity index (χ0n) is 21.6. The Morgan fingerprint density at radius 2 is 1.50 bits per heavy atom. The van der Waals surface area contributed by atoms with Crippen LogP contribution in [0.2, 0.25) is 0 Å². The van der Waals surface area contributed by atoms with Crippen LogP contribution in [0.1, 0.15) is 109 Å². The van der Waals surface area contributed by atoms with E-state index in [1.807, 2.05) is 6.92 Å². The Hall–Kier alpha value is -1.02. The van der Waals surface area contributed by atoms with E-state index in [0.717, 1.165) is 15.2 Å². The van der Waals surface area contributed by atoms with Crippen LogP contribution in [-0.4, -0.2) is 26.7 Å². The summed E-state index contributed by atoms with van der Waals surface area (Å²) < 4.78 is 34.8. The monoisotopic (exact) mass is 510 g/mol. The number of unbranched alkanes of at least 4 members (excludes halogenated alkanes) is 10. The molecule has 2 aromatic rings. The minimum absolute atomic E-state index is 0.0194. The number of hydrogen-bond acceptors (Lipinski definition) is 5. The molecule has 0 aliphatic carbocycles. The Morgan fingerprint density at radius 3 is 2.12 bits per heavy atom. The molecule has 0 saturated carbocycles. The van der Waals surface area contributed by atoms with Gasteiger partial charge in [-0.25, -0.2) is 13.4 Å². The van der Waals surface area contributed by atoms with Crippen LogP contribution in [0.4, 0.5) is 0 Å². The summed E-state index contributed by atoms with van der Waals surface area (Å²) in [6.07, 6.45) is 18.0. The smallest absolute Gasteiger partial charge is 0.242 e. The first-order chi connectivity index (χ1) is 16.5. The number of fused-ring (bicyclic) bond motifs is 1. The lowest BCUT2D eigenvalue weighted by molar-refractivity contribution is 0.0883. The minimum atomic E-state index is -3.60. The summed E-state index contributed by atoms with van der Waals surface area (Å²) in [6, 6.07) is 5.08. The number of rotatable bonds is 20. The van der Waals surface area contributed by atoms with Gasteiger partial charge in [-0.3, -0.25) is 0 Å². The van der Waals surface area contributed by atoms with E-state index in [1.165, 1.54) is 101 Å². The maximum Gasteiger partial charge on any atom is 0.242 e. The number of sulfonamides is 1. The Labute approximate surface area is 212 Å². The average Bonchev–Trinajstić information content (AvgIpc) is 3.19. The number of nitrogens with one attached hydrogen (secondary N) is 1. The van der Waals surface area contributed by atoms with E-state index >= 15 is 0 Å². The summed E-state index contributed by atoms with van der Waals surface area (Å²) in [5, 5.41) is 0.933. The lowest BCUT2D eigenvalue weighted by atomic mass is 9.95. The second-order valence-electron chi connectivity index (χ2n) is 9.50. The van der Waals surface area contributed by atoms with Crippen LogP contribution < -0.4 is 4.72 Å². The first kappa shape index (κ1) is 29.2. The Morgan fingerprint density at radius 1 is 0.912 bits per heavy atom. The van der Waals surface area contributed by atoms with E-state index < -0.39 is 10.0 Å². The van der Waals surface area contributed by atoms with Gasteiger partial charge in [0.25, 0.3) is 0 Å². The number of aromatic nitrogens is 1. The standard InChI is InChI=1S/C27H46N2O3S2/c1-4-6-8-10-12-14-16-24(17-15-13-11-9-7-5-2)21-32-22-28-34(30,31)25-18-19-26-27(20-25)33-23(3)29-26/h18-20,24,28H,4-17,21-22H2,1-3H3. The third-order valence-electron chi connectivity index (χ3n) is 6.41. The van der Waals surface area contributed by atoms with Gasteiger partial charge in [-0.15, -0.1) is 11.3 Å². The maximum atomic E-state index is 12.7. The molecular formula is C27H46N2O3S2. The molecule has 0 aliphatic heterocycles. The van der Waals surface area contributed by atoms with E-state index in [2.05, 4.69) is 23.6 Å². The molecule has 34 heavy (non-hydrogen) atoms. The molecule has 0 atom stereocenters. The van der Waals surface area contributed by atoms with E-state index in [0.29, 0.717) is 12.5 Å². The minimum Gasteiger partial charge on any atom is -0.365 e. The largest absolute Gasteiger partial charge is 0.365 e. The Kier molecular flexibility index (Phi) is 14.3. The fraction of sp³-hybridized carbons (Fsp3) is 0.741. The number of benzene rings is 1. The fourth-order valence-corrected chi connectivity index (χ4v) is 6.22. The summed E-state index contributed by atoms with van der Waals surface area (Å²) in [7, 11) is -3.60. The number of hydrogen-bond donors (Lipinski definition) is 1. The second-order valence-corrected chi connectivity index (χ2v) is 12.5. The van der Waals surface area contributed by atoms with Gasteiger partial charge in [0.2, 0.25) is 10.0 Å². The molecular weight excluding hydrogens is 464 g/mol. The van der Waals surface area contributed by atoms with Crippen LogP contribution in [0, 0.1) is 12.8 Å². The van der Waals surface area contributed by atoms with E-state index in [-0.39, 0.29) is 11.6 Å². The molecule has 1 heterocycles. The SMILES string of the molecule is CCCCCCCCC(CCCCCCCC)COCNS(=O)(=O)c1ccc2nc(C)sc2c1. The topological polar surface area (TPSA) is 68.3 Å². The van der Waals surface area contributed by atoms with Crippen molar-refractivity contribution in [3.8, 4) is 0 Å². The number of nitrogens with zero attached hydrogens (tertiary/aromatic N) is 1. The first-order valence-electron chi connectivity index (χ1n) is 13.4. The Bertz CT molecular complexity index is 896. The van der Waals surface area contributed by atoms with Crippen molar-refractivity contribution in [2.45, 2.75) is 116 Å². The molecule has 5 nitrogen and oxygen atoms in total. The zero-order valence-corrected chi connectivity index (χ0v) is 23.2. The highest BCUT2D eigenvalue weighted by Gasteiger charge is 2.16. The van der Waals surface area contributed by atoms with Crippen molar-refractivity contribution in [1.29, 1.82) is 0 Å². The first-order valence-corrected chi connectivity index (χ1v) is 15.7. The van der Waals surface area contributed by atoms with Gasteiger partial charge in [0.05, 0.1) is 26.7 Å². The average molecular weight is 511 g/mol. The summed E-state index contributed by atoms with van der Waals surface area (Å²) in [6.45, 7) is 7.07.